The Hall–Kier alpha value is -2.96. The van der Waals surface area contributed by atoms with Gasteiger partial charge in [-0.2, -0.15) is 0 Å². The summed E-state index contributed by atoms with van der Waals surface area (Å²) in [6.07, 6.45) is 1.23. The Morgan fingerprint density at radius 3 is 2.77 bits per heavy atom. The predicted molar refractivity (Wildman–Crippen MR) is 83.7 cm³/mol. The molecular weight excluding hydrogens is 284 g/mol. The summed E-state index contributed by atoms with van der Waals surface area (Å²) in [6.45, 7) is 3.71. The average Bonchev–Trinajstić information content (AvgIpc) is 2.45. The van der Waals surface area contributed by atoms with Crippen LogP contribution in [0.3, 0.4) is 0 Å². The number of pyridine rings is 1. The molecule has 1 heterocycles. The van der Waals surface area contributed by atoms with E-state index in [1.165, 1.54) is 19.2 Å². The van der Waals surface area contributed by atoms with E-state index in [4.69, 9.17) is 0 Å². The third kappa shape index (κ3) is 4.02. The summed E-state index contributed by atoms with van der Waals surface area (Å²) in [6, 6.07) is 8.90. The van der Waals surface area contributed by atoms with E-state index in [2.05, 4.69) is 15.6 Å². The molecule has 7 heteroatoms. The largest absolute Gasteiger partial charge is 0.366 e. The fraction of sp³-hybridized carbons (Fsp3) is 0.200. The Balaban J connectivity index is 2.07. The summed E-state index contributed by atoms with van der Waals surface area (Å²) in [5, 5.41) is 16.5. The number of carbonyl (C=O) groups is 1. The summed E-state index contributed by atoms with van der Waals surface area (Å²) in [7, 11) is 0. The van der Waals surface area contributed by atoms with E-state index in [1.807, 2.05) is 18.2 Å². The van der Waals surface area contributed by atoms with Gasteiger partial charge in [-0.25, -0.2) is 4.98 Å². The maximum absolute atomic E-state index is 11.0. The quantitative estimate of drug-likeness (QED) is 0.653. The van der Waals surface area contributed by atoms with Crippen LogP contribution in [0.1, 0.15) is 18.1 Å². The van der Waals surface area contributed by atoms with Crippen molar-refractivity contribution in [1.82, 2.24) is 4.98 Å². The predicted octanol–water partition coefficient (Wildman–Crippen LogP) is 2.87. The highest BCUT2D eigenvalue weighted by atomic mass is 16.6. The summed E-state index contributed by atoms with van der Waals surface area (Å²) in [5.41, 5.74) is 2.36. The van der Waals surface area contributed by atoms with Crippen LogP contribution in [0.2, 0.25) is 0 Å². The third-order valence-electron chi connectivity index (χ3n) is 2.98. The van der Waals surface area contributed by atoms with Crippen LogP contribution in [-0.2, 0) is 11.3 Å². The summed E-state index contributed by atoms with van der Waals surface area (Å²) in [4.78, 5) is 25.3. The van der Waals surface area contributed by atoms with Gasteiger partial charge in [0.15, 0.2) is 0 Å². The van der Waals surface area contributed by atoms with Gasteiger partial charge in [0.05, 0.1) is 4.92 Å². The van der Waals surface area contributed by atoms with Crippen LogP contribution in [0.15, 0.2) is 36.5 Å². The zero-order valence-corrected chi connectivity index (χ0v) is 12.3. The highest BCUT2D eigenvalue weighted by molar-refractivity contribution is 5.88. The second-order valence-electron chi connectivity index (χ2n) is 4.85. The zero-order valence-electron chi connectivity index (χ0n) is 12.3. The first-order valence-electron chi connectivity index (χ1n) is 6.67. The van der Waals surface area contributed by atoms with E-state index >= 15 is 0 Å². The standard InChI is InChI=1S/C15H16N4O3/c1-10-6-14(19(21)22)9-17-15(10)16-8-12-4-3-5-13(7-12)18-11(2)20/h3-7,9H,8H2,1-2H3,(H,16,17)(H,18,20). The van der Waals surface area contributed by atoms with Gasteiger partial charge in [-0.15, -0.1) is 0 Å². The molecule has 0 fully saturated rings. The number of aromatic nitrogens is 1. The highest BCUT2D eigenvalue weighted by Gasteiger charge is 2.09. The van der Waals surface area contributed by atoms with Crippen LogP contribution in [0.25, 0.3) is 0 Å². The number of aryl methyl sites for hydroxylation is 1. The van der Waals surface area contributed by atoms with Crippen molar-refractivity contribution in [1.29, 1.82) is 0 Å². The Morgan fingerprint density at radius 2 is 2.14 bits per heavy atom. The molecule has 0 spiro atoms. The van der Waals surface area contributed by atoms with E-state index in [0.717, 1.165) is 11.3 Å². The number of nitrogens with one attached hydrogen (secondary N) is 2. The second-order valence-corrected chi connectivity index (χ2v) is 4.85. The normalized spacial score (nSPS) is 10.1. The first-order chi connectivity index (χ1) is 10.5. The molecular formula is C15H16N4O3. The van der Waals surface area contributed by atoms with Crippen molar-refractivity contribution in [2.45, 2.75) is 20.4 Å². The summed E-state index contributed by atoms with van der Waals surface area (Å²) >= 11 is 0. The van der Waals surface area contributed by atoms with Gasteiger partial charge in [-0.1, -0.05) is 12.1 Å². The molecule has 1 aromatic heterocycles. The van der Waals surface area contributed by atoms with E-state index in [0.29, 0.717) is 17.9 Å². The third-order valence-corrected chi connectivity index (χ3v) is 2.98. The molecule has 1 aromatic carbocycles. The molecule has 0 bridgehead atoms. The van der Waals surface area contributed by atoms with Gasteiger partial charge in [0.1, 0.15) is 12.0 Å². The van der Waals surface area contributed by atoms with Gasteiger partial charge < -0.3 is 10.6 Å². The van der Waals surface area contributed by atoms with E-state index in [1.54, 1.807) is 13.0 Å². The van der Waals surface area contributed by atoms with E-state index in [-0.39, 0.29) is 11.6 Å². The molecule has 2 rings (SSSR count). The zero-order chi connectivity index (χ0) is 16.1. The van der Waals surface area contributed by atoms with Crippen LogP contribution in [0.4, 0.5) is 17.2 Å². The molecule has 0 saturated heterocycles. The summed E-state index contributed by atoms with van der Waals surface area (Å²) in [5.74, 6) is 0.466. The number of benzene rings is 1. The number of nitro groups is 1. The maximum atomic E-state index is 11.0. The lowest BCUT2D eigenvalue weighted by Gasteiger charge is -2.09. The average molecular weight is 300 g/mol. The van der Waals surface area contributed by atoms with E-state index in [9.17, 15) is 14.9 Å². The lowest BCUT2D eigenvalue weighted by atomic mass is 10.2. The number of nitrogens with zero attached hydrogens (tertiary/aromatic N) is 2. The lowest BCUT2D eigenvalue weighted by Crippen LogP contribution is -2.07. The monoisotopic (exact) mass is 300 g/mol. The SMILES string of the molecule is CC(=O)Nc1cccc(CNc2ncc([N+](=O)[O-])cc2C)c1. The van der Waals surface area contributed by atoms with Gasteiger partial charge in [0, 0.05) is 25.2 Å². The van der Waals surface area contributed by atoms with E-state index < -0.39 is 4.92 Å². The van der Waals surface area contributed by atoms with Crippen LogP contribution >= 0.6 is 0 Å². The number of amides is 1. The lowest BCUT2D eigenvalue weighted by molar-refractivity contribution is -0.385. The molecule has 22 heavy (non-hydrogen) atoms. The fourth-order valence-corrected chi connectivity index (χ4v) is 1.99. The van der Waals surface area contributed by atoms with Crippen LogP contribution < -0.4 is 10.6 Å². The van der Waals surface area contributed by atoms with Gasteiger partial charge in [-0.05, 0) is 30.2 Å². The number of anilines is 2. The Kier molecular flexibility index (Phi) is 4.67. The van der Waals surface area contributed by atoms with Crippen molar-refractivity contribution < 1.29 is 9.72 Å². The van der Waals surface area contributed by atoms with Crippen molar-refractivity contribution in [3.05, 3.63) is 57.8 Å². The Bertz CT molecular complexity index is 716. The van der Waals surface area contributed by atoms with Crippen molar-refractivity contribution >= 4 is 23.1 Å². The molecule has 0 unspecified atom stereocenters. The van der Waals surface area contributed by atoms with Crippen molar-refractivity contribution in [3.63, 3.8) is 0 Å². The molecule has 0 atom stereocenters. The number of rotatable bonds is 5. The van der Waals surface area contributed by atoms with Crippen LogP contribution in [0.5, 0.6) is 0 Å². The Morgan fingerprint density at radius 1 is 1.36 bits per heavy atom. The maximum Gasteiger partial charge on any atom is 0.287 e. The first kappa shape index (κ1) is 15.4. The van der Waals surface area contributed by atoms with Gasteiger partial charge in [0.25, 0.3) is 5.69 Å². The van der Waals surface area contributed by atoms with Crippen LogP contribution in [-0.4, -0.2) is 15.8 Å². The molecule has 2 aromatic rings. The minimum absolute atomic E-state index is 0.0318. The number of carbonyl (C=O) groups excluding carboxylic acids is 1. The molecule has 0 aliphatic carbocycles. The topological polar surface area (TPSA) is 97.2 Å². The van der Waals surface area contributed by atoms with Gasteiger partial charge in [0.2, 0.25) is 5.91 Å². The van der Waals surface area contributed by atoms with Gasteiger partial charge in [-0.3, -0.25) is 14.9 Å². The minimum Gasteiger partial charge on any atom is -0.366 e. The Labute approximate surface area is 127 Å². The molecule has 0 aliphatic rings. The molecule has 7 nitrogen and oxygen atoms in total. The van der Waals surface area contributed by atoms with Gasteiger partial charge >= 0.3 is 0 Å². The second kappa shape index (κ2) is 6.66. The van der Waals surface area contributed by atoms with Crippen molar-refractivity contribution in [2.24, 2.45) is 0 Å². The van der Waals surface area contributed by atoms with Crippen molar-refractivity contribution in [2.75, 3.05) is 10.6 Å². The molecule has 0 aliphatic heterocycles. The first-order valence-corrected chi connectivity index (χ1v) is 6.67. The molecule has 0 radical (unpaired) electrons. The number of hydrogen-bond acceptors (Lipinski definition) is 5. The molecule has 0 saturated carbocycles. The fourth-order valence-electron chi connectivity index (χ4n) is 1.99. The van der Waals surface area contributed by atoms with Crippen molar-refractivity contribution in [3.8, 4) is 0 Å². The smallest absolute Gasteiger partial charge is 0.287 e. The molecule has 1 amide bonds. The molecule has 114 valence electrons. The number of hydrogen-bond donors (Lipinski definition) is 2. The summed E-state index contributed by atoms with van der Waals surface area (Å²) < 4.78 is 0. The molecule has 2 N–H and O–H groups in total. The van der Waals surface area contributed by atoms with Crippen LogP contribution in [0, 0.1) is 17.0 Å². The highest BCUT2D eigenvalue weighted by Crippen LogP contribution is 2.19. The minimum atomic E-state index is -0.472.